The first-order chi connectivity index (χ1) is 7.16. The molecular weight excluding hydrogens is 260 g/mol. The molecule has 1 aromatic heterocycles. The predicted molar refractivity (Wildman–Crippen MR) is 58.8 cm³/mol. The van der Waals surface area contributed by atoms with Crippen LogP contribution in [0.3, 0.4) is 0 Å². The van der Waals surface area contributed by atoms with Gasteiger partial charge in [0, 0.05) is 0 Å². The Labute approximate surface area is 96.4 Å². The van der Waals surface area contributed by atoms with Crippen molar-refractivity contribution in [2.45, 2.75) is 38.1 Å². The maximum absolute atomic E-state index is 10.5. The zero-order chi connectivity index (χ0) is 10.8. The van der Waals surface area contributed by atoms with Gasteiger partial charge in [-0.1, -0.05) is 12.8 Å². The number of aromatic nitrogens is 2. The van der Waals surface area contributed by atoms with E-state index in [0.717, 1.165) is 17.4 Å². The Bertz CT molecular complexity index is 369. The van der Waals surface area contributed by atoms with Gasteiger partial charge in [-0.3, -0.25) is 9.48 Å². The highest BCUT2D eigenvalue weighted by atomic mass is 79.9. The molecule has 1 aromatic rings. The van der Waals surface area contributed by atoms with Crippen LogP contribution in [-0.2, 0) is 11.2 Å². The lowest BCUT2D eigenvalue weighted by molar-refractivity contribution is -0.136. The summed E-state index contributed by atoms with van der Waals surface area (Å²) in [7, 11) is 0. The molecule has 1 aliphatic carbocycles. The van der Waals surface area contributed by atoms with Crippen molar-refractivity contribution < 1.29 is 9.90 Å². The minimum atomic E-state index is -0.835. The Morgan fingerprint density at radius 2 is 2.27 bits per heavy atom. The average Bonchev–Trinajstić information content (AvgIpc) is 2.72. The molecule has 0 aliphatic heterocycles. The second kappa shape index (κ2) is 4.35. The summed E-state index contributed by atoms with van der Waals surface area (Å²) in [6.07, 6.45) is 4.77. The number of aliphatic carboxylic acids is 1. The Hall–Kier alpha value is -0.840. The molecule has 4 nitrogen and oxygen atoms in total. The fraction of sp³-hybridized carbons (Fsp3) is 0.600. The van der Waals surface area contributed by atoms with Crippen molar-refractivity contribution in [2.24, 2.45) is 0 Å². The van der Waals surface area contributed by atoms with Gasteiger partial charge in [0.05, 0.1) is 18.2 Å². The summed E-state index contributed by atoms with van der Waals surface area (Å²) >= 11 is 3.42. The third kappa shape index (κ3) is 2.40. The zero-order valence-corrected chi connectivity index (χ0v) is 9.90. The van der Waals surface area contributed by atoms with Crippen LogP contribution in [0.25, 0.3) is 0 Å². The van der Waals surface area contributed by atoms with Crippen LogP contribution in [0.2, 0.25) is 0 Å². The number of carbonyl (C=O) groups is 1. The molecule has 0 radical (unpaired) electrons. The Morgan fingerprint density at radius 1 is 1.60 bits per heavy atom. The van der Waals surface area contributed by atoms with E-state index in [1.807, 2.05) is 4.68 Å². The van der Waals surface area contributed by atoms with Crippen molar-refractivity contribution in [3.8, 4) is 0 Å². The first-order valence-corrected chi connectivity index (χ1v) is 5.92. The summed E-state index contributed by atoms with van der Waals surface area (Å²) in [5.41, 5.74) is 0.626. The van der Waals surface area contributed by atoms with E-state index in [0.29, 0.717) is 11.7 Å². The van der Waals surface area contributed by atoms with Crippen molar-refractivity contribution in [3.63, 3.8) is 0 Å². The summed E-state index contributed by atoms with van der Waals surface area (Å²) in [6, 6.07) is 2.24. The van der Waals surface area contributed by atoms with Gasteiger partial charge < -0.3 is 5.11 Å². The van der Waals surface area contributed by atoms with E-state index in [9.17, 15) is 4.79 Å². The number of rotatable bonds is 3. The van der Waals surface area contributed by atoms with Crippen LogP contribution >= 0.6 is 15.9 Å². The molecule has 1 fully saturated rings. The lowest BCUT2D eigenvalue weighted by atomic mass is 10.3. The summed E-state index contributed by atoms with van der Waals surface area (Å²) in [4.78, 5) is 10.5. The van der Waals surface area contributed by atoms with Gasteiger partial charge in [0.2, 0.25) is 0 Å². The van der Waals surface area contributed by atoms with Gasteiger partial charge in [-0.25, -0.2) is 0 Å². The first-order valence-electron chi connectivity index (χ1n) is 5.12. The second-order valence-electron chi connectivity index (χ2n) is 3.91. The molecule has 1 aliphatic rings. The minimum Gasteiger partial charge on any atom is -0.481 e. The Morgan fingerprint density at radius 3 is 2.87 bits per heavy atom. The third-order valence-corrected chi connectivity index (χ3v) is 3.34. The fourth-order valence-electron chi connectivity index (χ4n) is 2.06. The van der Waals surface area contributed by atoms with Gasteiger partial charge in [-0.2, -0.15) is 5.10 Å². The average molecular weight is 273 g/mol. The van der Waals surface area contributed by atoms with Crippen molar-refractivity contribution in [1.29, 1.82) is 0 Å². The summed E-state index contributed by atoms with van der Waals surface area (Å²) < 4.78 is 2.82. The van der Waals surface area contributed by atoms with E-state index < -0.39 is 5.97 Å². The lowest BCUT2D eigenvalue weighted by Crippen LogP contribution is -2.08. The van der Waals surface area contributed by atoms with E-state index in [4.69, 9.17) is 5.11 Å². The number of hydrogen-bond donors (Lipinski definition) is 1. The molecule has 82 valence electrons. The number of carboxylic acids is 1. The standard InChI is InChI=1S/C10H13BrN2O2/c11-9-5-7(6-10(14)15)12-13(9)8-3-1-2-4-8/h5,8H,1-4,6H2,(H,14,15). The van der Waals surface area contributed by atoms with Crippen molar-refractivity contribution in [1.82, 2.24) is 9.78 Å². The maximum atomic E-state index is 10.5. The molecule has 5 heteroatoms. The lowest BCUT2D eigenvalue weighted by Gasteiger charge is -2.10. The smallest absolute Gasteiger partial charge is 0.309 e. The summed E-state index contributed by atoms with van der Waals surface area (Å²) in [6.45, 7) is 0. The summed E-state index contributed by atoms with van der Waals surface area (Å²) in [5, 5.41) is 13.0. The molecular formula is C10H13BrN2O2. The van der Waals surface area contributed by atoms with Crippen molar-refractivity contribution in [3.05, 3.63) is 16.4 Å². The predicted octanol–water partition coefficient (Wildman–Crippen LogP) is 2.39. The van der Waals surface area contributed by atoms with Crippen LogP contribution in [-0.4, -0.2) is 20.9 Å². The van der Waals surface area contributed by atoms with Gasteiger partial charge in [-0.05, 0) is 34.8 Å². The first kappa shape index (κ1) is 10.7. The second-order valence-corrected chi connectivity index (χ2v) is 4.72. The van der Waals surface area contributed by atoms with Gasteiger partial charge in [0.15, 0.2) is 0 Å². The number of carboxylic acid groups (broad SMARTS) is 1. The molecule has 1 heterocycles. The highest BCUT2D eigenvalue weighted by Crippen LogP contribution is 2.31. The van der Waals surface area contributed by atoms with E-state index in [-0.39, 0.29) is 6.42 Å². The highest BCUT2D eigenvalue weighted by molar-refractivity contribution is 9.10. The molecule has 15 heavy (non-hydrogen) atoms. The van der Waals surface area contributed by atoms with Crippen molar-refractivity contribution in [2.75, 3.05) is 0 Å². The maximum Gasteiger partial charge on any atom is 0.309 e. The minimum absolute atomic E-state index is 0.00167. The molecule has 1 saturated carbocycles. The molecule has 0 spiro atoms. The number of hydrogen-bond acceptors (Lipinski definition) is 2. The molecule has 0 aromatic carbocycles. The molecule has 0 unspecified atom stereocenters. The van der Waals surface area contributed by atoms with Crippen LogP contribution in [0.15, 0.2) is 10.7 Å². The number of halogens is 1. The van der Waals surface area contributed by atoms with Crippen LogP contribution < -0.4 is 0 Å². The van der Waals surface area contributed by atoms with E-state index in [2.05, 4.69) is 21.0 Å². The highest BCUT2D eigenvalue weighted by Gasteiger charge is 2.20. The molecule has 0 bridgehead atoms. The zero-order valence-electron chi connectivity index (χ0n) is 8.32. The molecule has 0 amide bonds. The molecule has 0 saturated heterocycles. The van der Waals surface area contributed by atoms with Crippen LogP contribution in [0.5, 0.6) is 0 Å². The largest absolute Gasteiger partial charge is 0.481 e. The quantitative estimate of drug-likeness (QED) is 0.919. The monoisotopic (exact) mass is 272 g/mol. The van der Waals surface area contributed by atoms with E-state index in [1.54, 1.807) is 6.07 Å². The Balaban J connectivity index is 2.17. The Kier molecular flexibility index (Phi) is 3.09. The van der Waals surface area contributed by atoms with Gasteiger partial charge in [0.1, 0.15) is 4.60 Å². The van der Waals surface area contributed by atoms with Crippen LogP contribution in [0, 0.1) is 0 Å². The van der Waals surface area contributed by atoms with Gasteiger partial charge >= 0.3 is 5.97 Å². The van der Waals surface area contributed by atoms with Gasteiger partial charge in [0.25, 0.3) is 0 Å². The van der Waals surface area contributed by atoms with Crippen LogP contribution in [0.1, 0.15) is 37.4 Å². The number of nitrogens with zero attached hydrogens (tertiary/aromatic N) is 2. The SMILES string of the molecule is O=C(O)Cc1cc(Br)n(C2CCCC2)n1. The van der Waals surface area contributed by atoms with Gasteiger partial charge in [-0.15, -0.1) is 0 Å². The molecule has 2 rings (SSSR count). The van der Waals surface area contributed by atoms with E-state index in [1.165, 1.54) is 12.8 Å². The third-order valence-electron chi connectivity index (χ3n) is 2.74. The van der Waals surface area contributed by atoms with E-state index >= 15 is 0 Å². The topological polar surface area (TPSA) is 55.1 Å². The molecule has 1 N–H and O–H groups in total. The van der Waals surface area contributed by atoms with Crippen LogP contribution in [0.4, 0.5) is 0 Å². The summed E-state index contributed by atoms with van der Waals surface area (Å²) in [5.74, 6) is -0.835. The van der Waals surface area contributed by atoms with Crippen molar-refractivity contribution >= 4 is 21.9 Å². The molecule has 0 atom stereocenters. The normalized spacial score (nSPS) is 17.1. The fourth-order valence-corrected chi connectivity index (χ4v) is 2.70.